The normalized spacial score (nSPS) is 27.7. The maximum absolute atomic E-state index is 6.78. The van der Waals surface area contributed by atoms with Crippen molar-refractivity contribution < 1.29 is 0 Å². The molecule has 0 saturated heterocycles. The van der Waals surface area contributed by atoms with Gasteiger partial charge in [-0.1, -0.05) is 63.4 Å². The zero-order valence-corrected chi connectivity index (χ0v) is 11.9. The zero-order chi connectivity index (χ0) is 13.0. The van der Waals surface area contributed by atoms with E-state index in [1.807, 2.05) is 0 Å². The highest BCUT2D eigenvalue weighted by molar-refractivity contribution is 5.25. The first-order chi connectivity index (χ1) is 8.70. The summed E-state index contributed by atoms with van der Waals surface area (Å²) in [7, 11) is 0. The van der Waals surface area contributed by atoms with E-state index >= 15 is 0 Å². The van der Waals surface area contributed by atoms with Gasteiger partial charge in [-0.3, -0.25) is 0 Å². The van der Waals surface area contributed by atoms with E-state index in [9.17, 15) is 0 Å². The van der Waals surface area contributed by atoms with Crippen molar-refractivity contribution in [1.82, 2.24) is 0 Å². The van der Waals surface area contributed by atoms with Crippen molar-refractivity contribution in [3.8, 4) is 0 Å². The fraction of sp³-hybridized carbons (Fsp3) is 0.647. The minimum absolute atomic E-state index is 0.111. The average molecular weight is 245 g/mol. The molecule has 1 saturated carbocycles. The molecule has 0 spiro atoms. The lowest BCUT2D eigenvalue weighted by molar-refractivity contribution is 0.165. The molecule has 100 valence electrons. The van der Waals surface area contributed by atoms with Crippen LogP contribution in [-0.4, -0.2) is 0 Å². The Morgan fingerprint density at radius 1 is 1.06 bits per heavy atom. The summed E-state index contributed by atoms with van der Waals surface area (Å²) in [4.78, 5) is 0. The number of hydrogen-bond acceptors (Lipinski definition) is 1. The lowest BCUT2D eigenvalue weighted by Gasteiger charge is -2.41. The van der Waals surface area contributed by atoms with Crippen LogP contribution in [0.3, 0.4) is 0 Å². The van der Waals surface area contributed by atoms with E-state index in [0.29, 0.717) is 5.92 Å². The Hall–Kier alpha value is -0.820. The van der Waals surface area contributed by atoms with Crippen LogP contribution in [0.5, 0.6) is 0 Å². The molecule has 2 rings (SSSR count). The Labute approximate surface area is 112 Å². The van der Waals surface area contributed by atoms with Gasteiger partial charge in [0, 0.05) is 5.54 Å². The second-order valence-corrected chi connectivity index (χ2v) is 5.89. The molecule has 1 nitrogen and oxygen atoms in total. The van der Waals surface area contributed by atoms with Gasteiger partial charge in [-0.25, -0.2) is 0 Å². The van der Waals surface area contributed by atoms with Crippen LogP contribution < -0.4 is 5.73 Å². The molecule has 0 amide bonds. The first kappa shape index (κ1) is 13.6. The minimum atomic E-state index is -0.111. The van der Waals surface area contributed by atoms with E-state index in [4.69, 9.17) is 5.73 Å². The SMILES string of the molecule is CCC1CCC(C(N)(CC)c2ccccc2)CC1. The molecule has 1 aliphatic carbocycles. The smallest absolute Gasteiger partial charge is 0.0435 e. The molecule has 0 radical (unpaired) electrons. The Morgan fingerprint density at radius 2 is 1.67 bits per heavy atom. The molecular weight excluding hydrogens is 218 g/mol. The molecule has 18 heavy (non-hydrogen) atoms. The topological polar surface area (TPSA) is 26.0 Å². The Bertz CT molecular complexity index is 351. The number of nitrogens with two attached hydrogens (primary N) is 1. The summed E-state index contributed by atoms with van der Waals surface area (Å²) in [6.45, 7) is 4.55. The van der Waals surface area contributed by atoms with Crippen LogP contribution in [-0.2, 0) is 5.54 Å². The fourth-order valence-corrected chi connectivity index (χ4v) is 3.56. The van der Waals surface area contributed by atoms with E-state index in [1.54, 1.807) is 0 Å². The first-order valence-corrected chi connectivity index (χ1v) is 7.55. The van der Waals surface area contributed by atoms with Gasteiger partial charge in [0.05, 0.1) is 0 Å². The third-order valence-corrected chi connectivity index (χ3v) is 5.05. The highest BCUT2D eigenvalue weighted by atomic mass is 14.8. The minimum Gasteiger partial charge on any atom is -0.321 e. The van der Waals surface area contributed by atoms with Crippen molar-refractivity contribution in [2.24, 2.45) is 17.6 Å². The lowest BCUT2D eigenvalue weighted by Crippen LogP contribution is -2.45. The molecule has 1 heteroatoms. The number of rotatable bonds is 4. The highest BCUT2D eigenvalue weighted by Gasteiger charge is 2.36. The fourth-order valence-electron chi connectivity index (χ4n) is 3.56. The molecule has 0 aliphatic heterocycles. The van der Waals surface area contributed by atoms with E-state index in [0.717, 1.165) is 12.3 Å². The maximum Gasteiger partial charge on any atom is 0.0435 e. The summed E-state index contributed by atoms with van der Waals surface area (Å²) in [5.74, 6) is 1.60. The molecule has 1 fully saturated rings. The van der Waals surface area contributed by atoms with Crippen LogP contribution in [0.25, 0.3) is 0 Å². The van der Waals surface area contributed by atoms with Crippen molar-refractivity contribution in [3.63, 3.8) is 0 Å². The van der Waals surface area contributed by atoms with Gasteiger partial charge < -0.3 is 5.73 Å². The average Bonchev–Trinajstić information content (AvgIpc) is 2.47. The zero-order valence-electron chi connectivity index (χ0n) is 11.9. The van der Waals surface area contributed by atoms with Crippen LogP contribution >= 0.6 is 0 Å². The van der Waals surface area contributed by atoms with Crippen LogP contribution in [0.4, 0.5) is 0 Å². The molecule has 1 aromatic carbocycles. The quantitative estimate of drug-likeness (QED) is 0.832. The van der Waals surface area contributed by atoms with Crippen molar-refractivity contribution in [2.75, 3.05) is 0 Å². The van der Waals surface area contributed by atoms with Crippen molar-refractivity contribution >= 4 is 0 Å². The molecule has 1 aliphatic rings. The standard InChI is InChI=1S/C17H27N/c1-3-14-10-12-16(13-11-14)17(18,4-2)15-8-6-5-7-9-15/h5-9,14,16H,3-4,10-13,18H2,1-2H3. The third kappa shape index (κ3) is 2.61. The number of benzene rings is 1. The molecule has 1 aromatic rings. The number of hydrogen-bond donors (Lipinski definition) is 1. The summed E-state index contributed by atoms with van der Waals surface area (Å²) in [6, 6.07) is 10.7. The van der Waals surface area contributed by atoms with Gasteiger partial charge in [0.15, 0.2) is 0 Å². The van der Waals surface area contributed by atoms with Crippen molar-refractivity contribution in [3.05, 3.63) is 35.9 Å². The van der Waals surface area contributed by atoms with Gasteiger partial charge in [0.2, 0.25) is 0 Å². The predicted octanol–water partition coefficient (Wildman–Crippen LogP) is 4.47. The van der Waals surface area contributed by atoms with Gasteiger partial charge in [0.1, 0.15) is 0 Å². The molecule has 2 N–H and O–H groups in total. The maximum atomic E-state index is 6.78. The van der Waals surface area contributed by atoms with Gasteiger partial charge in [-0.05, 0) is 36.7 Å². The summed E-state index contributed by atoms with van der Waals surface area (Å²) >= 11 is 0. The second-order valence-electron chi connectivity index (χ2n) is 5.89. The van der Waals surface area contributed by atoms with Gasteiger partial charge in [-0.15, -0.1) is 0 Å². The Kier molecular flexibility index (Phi) is 4.45. The van der Waals surface area contributed by atoms with Crippen LogP contribution in [0.2, 0.25) is 0 Å². The van der Waals surface area contributed by atoms with E-state index in [1.165, 1.54) is 37.7 Å². The first-order valence-electron chi connectivity index (χ1n) is 7.55. The highest BCUT2D eigenvalue weighted by Crippen LogP contribution is 2.41. The van der Waals surface area contributed by atoms with Crippen molar-refractivity contribution in [1.29, 1.82) is 0 Å². The molecule has 0 bridgehead atoms. The predicted molar refractivity (Wildman–Crippen MR) is 78.3 cm³/mol. The van der Waals surface area contributed by atoms with E-state index in [2.05, 4.69) is 44.2 Å². The molecular formula is C17H27N. The summed E-state index contributed by atoms with van der Waals surface area (Å²) < 4.78 is 0. The third-order valence-electron chi connectivity index (χ3n) is 5.05. The second kappa shape index (κ2) is 5.88. The molecule has 1 unspecified atom stereocenters. The van der Waals surface area contributed by atoms with Crippen LogP contribution in [0.1, 0.15) is 57.9 Å². The van der Waals surface area contributed by atoms with Gasteiger partial charge >= 0.3 is 0 Å². The molecule has 0 aromatic heterocycles. The Morgan fingerprint density at radius 3 is 2.17 bits per heavy atom. The monoisotopic (exact) mass is 245 g/mol. The van der Waals surface area contributed by atoms with Crippen LogP contribution in [0, 0.1) is 11.8 Å². The van der Waals surface area contributed by atoms with E-state index in [-0.39, 0.29) is 5.54 Å². The van der Waals surface area contributed by atoms with Crippen molar-refractivity contribution in [2.45, 2.75) is 57.9 Å². The molecule has 0 heterocycles. The largest absolute Gasteiger partial charge is 0.321 e. The summed E-state index contributed by atoms with van der Waals surface area (Å²) in [5, 5.41) is 0. The summed E-state index contributed by atoms with van der Waals surface area (Å²) in [6.07, 6.45) is 7.72. The van der Waals surface area contributed by atoms with Crippen LogP contribution in [0.15, 0.2) is 30.3 Å². The van der Waals surface area contributed by atoms with E-state index < -0.39 is 0 Å². The van der Waals surface area contributed by atoms with Gasteiger partial charge in [0.25, 0.3) is 0 Å². The molecule has 1 atom stereocenters. The summed E-state index contributed by atoms with van der Waals surface area (Å²) in [5.41, 5.74) is 8.00. The lowest BCUT2D eigenvalue weighted by atomic mass is 9.68. The Balaban J connectivity index is 2.13. The van der Waals surface area contributed by atoms with Gasteiger partial charge in [-0.2, -0.15) is 0 Å².